The summed E-state index contributed by atoms with van der Waals surface area (Å²) in [5, 5.41) is 0. The fourth-order valence-corrected chi connectivity index (χ4v) is 9.86. The maximum absolute atomic E-state index is 12.7. The van der Waals surface area contributed by atoms with Crippen molar-refractivity contribution >= 4 is 40.0 Å². The van der Waals surface area contributed by atoms with Gasteiger partial charge in [0.1, 0.15) is 0 Å². The molecule has 0 saturated heterocycles. The van der Waals surface area contributed by atoms with Crippen molar-refractivity contribution in [3.63, 3.8) is 0 Å². The van der Waals surface area contributed by atoms with Crippen LogP contribution < -0.4 is 0 Å². The number of hydrogen-bond acceptors (Lipinski definition) is 4. The second kappa shape index (κ2) is 8.19. The van der Waals surface area contributed by atoms with Crippen LogP contribution in [0.5, 0.6) is 0 Å². The number of rotatable bonds is 6. The van der Waals surface area contributed by atoms with E-state index in [0.29, 0.717) is 4.91 Å². The molecule has 0 amide bonds. The molecule has 0 heterocycles. The van der Waals surface area contributed by atoms with E-state index in [2.05, 4.69) is 3.27 Å². The van der Waals surface area contributed by atoms with Crippen LogP contribution in [0.2, 0.25) is 11.6 Å². The van der Waals surface area contributed by atoms with E-state index in [1.807, 2.05) is 48.5 Å². The van der Waals surface area contributed by atoms with Gasteiger partial charge in [0, 0.05) is 0 Å². The van der Waals surface area contributed by atoms with Crippen LogP contribution in [0.4, 0.5) is 13.2 Å². The van der Waals surface area contributed by atoms with Crippen LogP contribution in [-0.2, 0) is 13.4 Å². The second-order valence-electron chi connectivity index (χ2n) is 5.54. The Kier molecular flexibility index (Phi) is 6.63. The molecule has 0 saturated carbocycles. The van der Waals surface area contributed by atoms with Gasteiger partial charge < -0.3 is 0 Å². The first-order chi connectivity index (χ1) is 12.0. The van der Waals surface area contributed by atoms with Gasteiger partial charge in [0.15, 0.2) is 0 Å². The van der Waals surface area contributed by atoms with Crippen LogP contribution in [-0.4, -0.2) is 27.1 Å². The molecule has 0 aliphatic rings. The van der Waals surface area contributed by atoms with E-state index in [4.69, 9.17) is 0 Å². The average molecular weight is 469 g/mol. The van der Waals surface area contributed by atoms with Gasteiger partial charge >= 0.3 is 158 Å². The van der Waals surface area contributed by atoms with Gasteiger partial charge in [0.25, 0.3) is 0 Å². The molecule has 0 aromatic heterocycles. The Morgan fingerprint density at radius 1 is 1.00 bits per heavy atom. The number of benzene rings is 2. The summed E-state index contributed by atoms with van der Waals surface area (Å²) in [4.78, 5) is 3.07. The van der Waals surface area contributed by atoms with E-state index in [1.165, 1.54) is 28.4 Å². The van der Waals surface area contributed by atoms with E-state index in [9.17, 15) is 21.6 Å². The molecule has 2 rings (SSSR count). The molecule has 0 fully saturated rings. The summed E-state index contributed by atoms with van der Waals surface area (Å²) in [6, 6.07) is 18.3. The molecule has 0 N–H and O–H groups in total. The van der Waals surface area contributed by atoms with Gasteiger partial charge in [-0.3, -0.25) is 0 Å². The van der Waals surface area contributed by atoms with Crippen LogP contribution in [0.1, 0.15) is 5.56 Å². The van der Waals surface area contributed by atoms with Crippen molar-refractivity contribution in [2.75, 3.05) is 0 Å². The van der Waals surface area contributed by atoms with E-state index in [-0.39, 0.29) is 0 Å². The summed E-state index contributed by atoms with van der Waals surface area (Å²) in [7, 11) is -5.64. The molecule has 0 spiro atoms. The summed E-state index contributed by atoms with van der Waals surface area (Å²) in [6.07, 6.45) is 0. The Hall–Kier alpha value is -1.25. The van der Waals surface area contributed by atoms with Gasteiger partial charge in [0.2, 0.25) is 0 Å². The molecule has 9 heteroatoms. The Balaban J connectivity index is 2.40. The van der Waals surface area contributed by atoms with Gasteiger partial charge in [-0.1, -0.05) is 0 Å². The van der Waals surface area contributed by atoms with Gasteiger partial charge in [0.05, 0.1) is 0 Å². The van der Waals surface area contributed by atoms with Gasteiger partial charge in [-0.05, 0) is 0 Å². The monoisotopic (exact) mass is 470 g/mol. The van der Waals surface area contributed by atoms with Crippen molar-refractivity contribution in [1.29, 1.82) is 0 Å². The third-order valence-electron chi connectivity index (χ3n) is 2.97. The zero-order valence-corrected chi connectivity index (χ0v) is 17.3. The van der Waals surface area contributed by atoms with Gasteiger partial charge in [-0.15, -0.1) is 0 Å². The molecule has 0 bridgehead atoms. The molecule has 0 unspecified atom stereocenters. The quantitative estimate of drug-likeness (QED) is 0.322. The first-order valence-corrected chi connectivity index (χ1v) is 14.6. The number of hydrogen-bond donors (Lipinski definition) is 0. The average Bonchev–Trinajstić information content (AvgIpc) is 2.54. The summed E-state index contributed by atoms with van der Waals surface area (Å²) in [6.45, 7) is 0. The summed E-state index contributed by atoms with van der Waals surface area (Å²) in [5.41, 5.74) is -4.66. The molecule has 0 atom stereocenters. The topological polar surface area (TPSA) is 43.4 Å². The molecule has 0 radical (unpaired) electrons. The van der Waals surface area contributed by atoms with Crippen LogP contribution in [0, 0.1) is 0 Å². The summed E-state index contributed by atoms with van der Waals surface area (Å²) >= 11 is -2.20. The normalized spacial score (nSPS) is 14.3. The molecular formula is C17H17F3O3S2Se. The Bertz CT molecular complexity index is 865. The first kappa shape index (κ1) is 21.1. The summed E-state index contributed by atoms with van der Waals surface area (Å²) < 4.78 is 65.4. The number of halogens is 3. The van der Waals surface area contributed by atoms with E-state index < -0.39 is 28.8 Å². The molecule has 0 aliphatic carbocycles. The molecule has 26 heavy (non-hydrogen) atoms. The Labute approximate surface area is 157 Å². The predicted molar refractivity (Wildman–Crippen MR) is 100 cm³/mol. The standard InChI is InChI=1S/C17H17F3O3S2Se/c1-26(2,23-25(21,22)17(18,19)20)13-16(14-9-5-3-6-10-14)24-15-11-7-4-8-12-15/h3-13H,1-2H3/b16-13-. The van der Waals surface area contributed by atoms with Crippen molar-refractivity contribution < 1.29 is 24.9 Å². The minimum absolute atomic E-state index is 0.652. The van der Waals surface area contributed by atoms with Crippen molar-refractivity contribution in [3.05, 3.63) is 71.2 Å². The number of alkyl halides is 3. The zero-order chi connectivity index (χ0) is 19.4. The van der Waals surface area contributed by atoms with Crippen molar-refractivity contribution in [2.45, 2.75) is 22.0 Å². The number of thioether (sulfide) groups is 1. The molecule has 2 aromatic rings. The van der Waals surface area contributed by atoms with E-state index in [1.54, 1.807) is 12.1 Å². The predicted octanol–water partition coefficient (Wildman–Crippen LogP) is 5.43. The zero-order valence-electron chi connectivity index (χ0n) is 13.9. The minimum atomic E-state index is -5.64. The Morgan fingerprint density at radius 3 is 2.00 bits per heavy atom. The molecule has 0 aliphatic heterocycles. The van der Waals surface area contributed by atoms with Crippen molar-refractivity contribution in [1.82, 2.24) is 0 Å². The van der Waals surface area contributed by atoms with Crippen LogP contribution in [0.25, 0.3) is 4.91 Å². The van der Waals surface area contributed by atoms with Crippen LogP contribution in [0.15, 0.2) is 70.5 Å². The molecule has 3 nitrogen and oxygen atoms in total. The second-order valence-corrected chi connectivity index (χ2v) is 15.0. The SMILES string of the molecule is C[Se](C)(/C=C(\Sc1ccccc1)c1ccccc1)OS(=O)(=O)C(F)(F)F. The Morgan fingerprint density at radius 2 is 1.50 bits per heavy atom. The third kappa shape index (κ3) is 5.89. The van der Waals surface area contributed by atoms with E-state index in [0.717, 1.165) is 10.5 Å². The molecule has 142 valence electrons. The van der Waals surface area contributed by atoms with E-state index >= 15 is 0 Å². The van der Waals surface area contributed by atoms with Crippen LogP contribution >= 0.6 is 11.8 Å². The van der Waals surface area contributed by atoms with Gasteiger partial charge in [-0.2, -0.15) is 0 Å². The molecule has 2 aromatic carbocycles. The van der Waals surface area contributed by atoms with Crippen LogP contribution in [0.3, 0.4) is 0 Å². The van der Waals surface area contributed by atoms with Crippen molar-refractivity contribution in [3.8, 4) is 0 Å². The maximum atomic E-state index is 12.7. The third-order valence-corrected chi connectivity index (χ3v) is 10.5. The summed E-state index contributed by atoms with van der Waals surface area (Å²) in [5.74, 6) is 2.85. The fraction of sp³-hybridized carbons (Fsp3) is 0.176. The molecular weight excluding hydrogens is 452 g/mol. The van der Waals surface area contributed by atoms with Crippen molar-refractivity contribution in [2.24, 2.45) is 0 Å². The fourth-order valence-electron chi connectivity index (χ4n) is 1.92. The van der Waals surface area contributed by atoms with Gasteiger partial charge in [-0.25, -0.2) is 0 Å². The first-order valence-electron chi connectivity index (χ1n) is 7.26.